The minimum atomic E-state index is -0.629. The summed E-state index contributed by atoms with van der Waals surface area (Å²) in [5, 5.41) is 2.48. The van der Waals surface area contributed by atoms with Crippen molar-refractivity contribution in [2.45, 2.75) is 18.9 Å². The number of hydrogen-bond donors (Lipinski definition) is 2. The van der Waals surface area contributed by atoms with Gasteiger partial charge in [0, 0.05) is 32.2 Å². The fraction of sp³-hybridized carbons (Fsp3) is 0.353. The number of amides is 1. The van der Waals surface area contributed by atoms with Gasteiger partial charge in [0.15, 0.2) is 6.54 Å². The second-order valence-electron chi connectivity index (χ2n) is 6.00. The quantitative estimate of drug-likeness (QED) is 0.883. The largest absolute Gasteiger partial charge is 0.350 e. The molecule has 0 spiro atoms. The second kappa shape index (κ2) is 6.50. The Morgan fingerprint density at radius 2 is 2.22 bits per heavy atom. The van der Waals surface area contributed by atoms with Gasteiger partial charge in [0.25, 0.3) is 5.91 Å². The molecule has 2 atom stereocenters. The van der Waals surface area contributed by atoms with Crippen molar-refractivity contribution in [1.82, 2.24) is 4.57 Å². The Hall–Kier alpha value is -2.21. The Bertz CT molecular complexity index is 714. The number of aryl methyl sites for hydroxylation is 1. The van der Waals surface area contributed by atoms with E-state index in [1.54, 1.807) is 0 Å². The monoisotopic (exact) mass is 320 g/mol. The zero-order chi connectivity index (χ0) is 16.4. The van der Waals surface area contributed by atoms with Crippen LogP contribution in [0, 0.1) is 11.6 Å². The van der Waals surface area contributed by atoms with Crippen molar-refractivity contribution in [3.05, 3.63) is 53.9 Å². The summed E-state index contributed by atoms with van der Waals surface area (Å²) in [7, 11) is 1.99. The lowest BCUT2D eigenvalue weighted by atomic mass is 10.1. The molecule has 122 valence electrons. The number of rotatable bonds is 4. The Morgan fingerprint density at radius 3 is 2.96 bits per heavy atom. The van der Waals surface area contributed by atoms with E-state index in [2.05, 4.69) is 16.0 Å². The van der Waals surface area contributed by atoms with E-state index < -0.39 is 11.6 Å². The molecule has 2 N–H and O–H groups in total. The van der Waals surface area contributed by atoms with Gasteiger partial charge < -0.3 is 14.8 Å². The summed E-state index contributed by atoms with van der Waals surface area (Å²) in [5.41, 5.74) is 1.09. The molecule has 1 aliphatic rings. The summed E-state index contributed by atoms with van der Waals surface area (Å²) in [6.07, 6.45) is 4.06. The number of halogens is 2. The van der Waals surface area contributed by atoms with Gasteiger partial charge in [0.1, 0.15) is 17.7 Å². The second-order valence-corrected chi connectivity index (χ2v) is 6.00. The number of carbonyl (C=O) groups is 1. The van der Waals surface area contributed by atoms with Crippen LogP contribution in [0.3, 0.4) is 0 Å². The molecule has 3 rings (SSSR count). The summed E-state index contributed by atoms with van der Waals surface area (Å²) in [6.45, 7) is 1.14. The molecule has 0 radical (unpaired) electrons. The SMILES string of the molecule is Cn1cccc1[C@H]1CCC[NH+]1CC(=O)Nc1cc(F)ccc1F. The van der Waals surface area contributed by atoms with E-state index in [4.69, 9.17) is 0 Å². The Kier molecular flexibility index (Phi) is 4.43. The van der Waals surface area contributed by atoms with E-state index in [1.807, 2.05) is 19.3 Å². The first-order valence-corrected chi connectivity index (χ1v) is 7.75. The van der Waals surface area contributed by atoms with E-state index in [9.17, 15) is 13.6 Å². The molecule has 0 saturated carbocycles. The number of nitrogens with one attached hydrogen (secondary N) is 2. The number of anilines is 1. The highest BCUT2D eigenvalue weighted by Gasteiger charge is 2.33. The maximum absolute atomic E-state index is 13.6. The van der Waals surface area contributed by atoms with Crippen LogP contribution in [0.2, 0.25) is 0 Å². The summed E-state index contributed by atoms with van der Waals surface area (Å²) >= 11 is 0. The lowest BCUT2D eigenvalue weighted by Crippen LogP contribution is -3.11. The van der Waals surface area contributed by atoms with Crippen molar-refractivity contribution in [3.63, 3.8) is 0 Å². The molecule has 0 aliphatic carbocycles. The first-order valence-electron chi connectivity index (χ1n) is 7.75. The van der Waals surface area contributed by atoms with Crippen LogP contribution in [0.1, 0.15) is 24.6 Å². The van der Waals surface area contributed by atoms with Crippen LogP contribution in [-0.4, -0.2) is 23.6 Å². The predicted molar refractivity (Wildman–Crippen MR) is 83.1 cm³/mol. The van der Waals surface area contributed by atoms with E-state index in [0.717, 1.165) is 42.5 Å². The molecule has 23 heavy (non-hydrogen) atoms. The van der Waals surface area contributed by atoms with E-state index in [-0.39, 0.29) is 24.2 Å². The van der Waals surface area contributed by atoms with Crippen molar-refractivity contribution in [3.8, 4) is 0 Å². The fourth-order valence-electron chi connectivity index (χ4n) is 3.31. The fourth-order valence-corrected chi connectivity index (χ4v) is 3.31. The molecule has 1 aromatic heterocycles. The zero-order valence-corrected chi connectivity index (χ0v) is 13.0. The maximum Gasteiger partial charge on any atom is 0.279 e. The molecule has 1 aliphatic heterocycles. The molecule has 1 aromatic carbocycles. The van der Waals surface area contributed by atoms with E-state index in [1.165, 1.54) is 5.69 Å². The third kappa shape index (κ3) is 3.42. The molecule has 1 amide bonds. The first kappa shape index (κ1) is 15.7. The van der Waals surface area contributed by atoms with Crippen molar-refractivity contribution < 1.29 is 18.5 Å². The highest BCUT2D eigenvalue weighted by Crippen LogP contribution is 2.19. The van der Waals surface area contributed by atoms with Crippen molar-refractivity contribution in [2.75, 3.05) is 18.4 Å². The number of quaternary nitrogens is 1. The van der Waals surface area contributed by atoms with E-state index >= 15 is 0 Å². The molecule has 1 unspecified atom stereocenters. The van der Waals surface area contributed by atoms with Gasteiger partial charge in [-0.25, -0.2) is 8.78 Å². The summed E-state index contributed by atoms with van der Waals surface area (Å²) in [5.74, 6) is -1.50. The Balaban J connectivity index is 1.67. The van der Waals surface area contributed by atoms with Crippen LogP contribution >= 0.6 is 0 Å². The minimum absolute atomic E-state index is 0.107. The number of benzene rings is 1. The number of carbonyl (C=O) groups excluding carboxylic acids is 1. The Morgan fingerprint density at radius 1 is 1.39 bits per heavy atom. The number of hydrogen-bond acceptors (Lipinski definition) is 1. The van der Waals surface area contributed by atoms with Crippen LogP contribution < -0.4 is 10.2 Å². The van der Waals surface area contributed by atoms with Crippen LogP contribution in [0.25, 0.3) is 0 Å². The molecule has 4 nitrogen and oxygen atoms in total. The molecule has 2 heterocycles. The lowest BCUT2D eigenvalue weighted by molar-refractivity contribution is -0.910. The van der Waals surface area contributed by atoms with Crippen molar-refractivity contribution in [2.24, 2.45) is 7.05 Å². The summed E-state index contributed by atoms with van der Waals surface area (Å²) in [4.78, 5) is 13.4. The predicted octanol–water partition coefficient (Wildman–Crippen LogP) is 1.66. The normalized spacial score (nSPS) is 20.7. The summed E-state index contributed by atoms with van der Waals surface area (Å²) in [6, 6.07) is 7.37. The van der Waals surface area contributed by atoms with Gasteiger partial charge >= 0.3 is 0 Å². The number of nitrogens with zero attached hydrogens (tertiary/aromatic N) is 1. The van der Waals surface area contributed by atoms with Crippen LogP contribution in [0.15, 0.2) is 36.5 Å². The molecule has 6 heteroatoms. The van der Waals surface area contributed by atoms with Crippen LogP contribution in [0.4, 0.5) is 14.5 Å². The van der Waals surface area contributed by atoms with Crippen LogP contribution in [0.5, 0.6) is 0 Å². The zero-order valence-electron chi connectivity index (χ0n) is 13.0. The molecule has 2 aromatic rings. The van der Waals surface area contributed by atoms with Gasteiger partial charge in [-0.3, -0.25) is 4.79 Å². The summed E-state index contributed by atoms with van der Waals surface area (Å²) < 4.78 is 28.8. The van der Waals surface area contributed by atoms with Gasteiger partial charge in [-0.2, -0.15) is 0 Å². The standard InChI is InChI=1S/C17H19F2N3O/c1-21-8-2-4-15(21)16-5-3-9-22(16)11-17(23)20-14-10-12(18)6-7-13(14)19/h2,4,6-8,10,16H,3,5,9,11H2,1H3,(H,20,23)/p+1/t16-/m1/s1. The molecule has 1 fully saturated rings. The first-order chi connectivity index (χ1) is 11.0. The van der Waals surface area contributed by atoms with Crippen molar-refractivity contribution in [1.29, 1.82) is 0 Å². The Labute approximate surface area is 133 Å². The highest BCUT2D eigenvalue weighted by molar-refractivity contribution is 5.91. The topological polar surface area (TPSA) is 38.5 Å². The number of aromatic nitrogens is 1. The van der Waals surface area contributed by atoms with Gasteiger partial charge in [0.2, 0.25) is 0 Å². The average molecular weight is 320 g/mol. The number of likely N-dealkylation sites (tertiary alicyclic amines) is 1. The molecule has 0 bridgehead atoms. The molecular formula is C17H20F2N3O+. The molecular weight excluding hydrogens is 300 g/mol. The minimum Gasteiger partial charge on any atom is -0.350 e. The average Bonchev–Trinajstić information content (AvgIpc) is 3.11. The third-order valence-corrected chi connectivity index (χ3v) is 4.41. The third-order valence-electron chi connectivity index (χ3n) is 4.41. The maximum atomic E-state index is 13.6. The van der Waals surface area contributed by atoms with Gasteiger partial charge in [-0.1, -0.05) is 0 Å². The van der Waals surface area contributed by atoms with E-state index in [0.29, 0.717) is 0 Å². The smallest absolute Gasteiger partial charge is 0.279 e. The van der Waals surface area contributed by atoms with Gasteiger partial charge in [-0.15, -0.1) is 0 Å². The highest BCUT2D eigenvalue weighted by atomic mass is 19.1. The van der Waals surface area contributed by atoms with Gasteiger partial charge in [-0.05, 0) is 24.3 Å². The van der Waals surface area contributed by atoms with Crippen LogP contribution in [-0.2, 0) is 11.8 Å². The van der Waals surface area contributed by atoms with Gasteiger partial charge in [0.05, 0.1) is 17.9 Å². The molecule has 1 saturated heterocycles. The van der Waals surface area contributed by atoms with Crippen molar-refractivity contribution >= 4 is 11.6 Å². The lowest BCUT2D eigenvalue weighted by Gasteiger charge is -2.21.